The third-order valence-corrected chi connectivity index (χ3v) is 4.90. The van der Waals surface area contributed by atoms with Crippen LogP contribution in [0.2, 0.25) is 0 Å². The highest BCUT2D eigenvalue weighted by molar-refractivity contribution is 6.21. The van der Waals surface area contributed by atoms with Crippen molar-refractivity contribution >= 4 is 11.6 Å². The number of nitrogens with zero attached hydrogens (tertiary/aromatic N) is 1. The van der Waals surface area contributed by atoms with Gasteiger partial charge in [0.05, 0.1) is 0 Å². The van der Waals surface area contributed by atoms with E-state index in [1.165, 1.54) is 64.3 Å². The minimum Gasteiger partial charge on any atom is -0.296 e. The second-order valence-electron chi connectivity index (χ2n) is 5.95. The number of likely N-dealkylation sites (tertiary alicyclic amines) is 1. The van der Waals surface area contributed by atoms with Gasteiger partial charge in [0.1, 0.15) is 0 Å². The third kappa shape index (κ3) is 5.09. The molecule has 1 rings (SSSR count). The summed E-state index contributed by atoms with van der Waals surface area (Å²) in [4.78, 5) is 2.68. The summed E-state index contributed by atoms with van der Waals surface area (Å²) in [5.41, 5.74) is 0. The molecule has 18 heavy (non-hydrogen) atoms. The van der Waals surface area contributed by atoms with Crippen molar-refractivity contribution in [3.8, 4) is 0 Å². The predicted molar refractivity (Wildman–Crippen MR) is 82.5 cm³/mol. The molecule has 1 fully saturated rings. The minimum atomic E-state index is 0.378. The van der Waals surface area contributed by atoms with Gasteiger partial charge in [-0.1, -0.05) is 46.0 Å². The van der Waals surface area contributed by atoms with Crippen LogP contribution in [0.3, 0.4) is 0 Å². The molecule has 3 atom stereocenters. The van der Waals surface area contributed by atoms with Crippen LogP contribution in [0.25, 0.3) is 0 Å². The van der Waals surface area contributed by atoms with Crippen LogP contribution in [0, 0.1) is 0 Å². The van der Waals surface area contributed by atoms with Gasteiger partial charge in [-0.15, -0.1) is 11.6 Å². The second-order valence-corrected chi connectivity index (χ2v) is 6.51. The molecule has 0 amide bonds. The van der Waals surface area contributed by atoms with Crippen molar-refractivity contribution in [2.45, 2.75) is 96.0 Å². The van der Waals surface area contributed by atoms with Gasteiger partial charge in [-0.3, -0.25) is 4.90 Å². The van der Waals surface area contributed by atoms with E-state index in [2.05, 4.69) is 25.7 Å². The number of hydrogen-bond acceptors (Lipinski definition) is 1. The molecule has 108 valence electrons. The van der Waals surface area contributed by atoms with Crippen molar-refractivity contribution < 1.29 is 0 Å². The lowest BCUT2D eigenvalue weighted by Gasteiger charge is -2.31. The first-order valence-corrected chi connectivity index (χ1v) is 8.54. The van der Waals surface area contributed by atoms with Crippen molar-refractivity contribution in [2.24, 2.45) is 0 Å². The van der Waals surface area contributed by atoms with Gasteiger partial charge in [-0.25, -0.2) is 0 Å². The first kappa shape index (κ1) is 16.3. The Hall–Kier alpha value is 0.250. The van der Waals surface area contributed by atoms with E-state index >= 15 is 0 Å². The number of alkyl halides is 1. The maximum Gasteiger partial charge on any atom is 0.0491 e. The molecule has 0 spiro atoms. The zero-order valence-corrected chi connectivity index (χ0v) is 13.4. The van der Waals surface area contributed by atoms with Crippen LogP contribution in [-0.4, -0.2) is 28.9 Å². The highest BCUT2D eigenvalue weighted by atomic mass is 35.5. The molecular formula is C16H32ClN. The van der Waals surface area contributed by atoms with Gasteiger partial charge in [0.2, 0.25) is 0 Å². The lowest BCUT2D eigenvalue weighted by molar-refractivity contribution is 0.191. The summed E-state index contributed by atoms with van der Waals surface area (Å²) in [7, 11) is 0. The van der Waals surface area contributed by atoms with Gasteiger partial charge in [0.25, 0.3) is 0 Å². The molecular weight excluding hydrogens is 242 g/mol. The van der Waals surface area contributed by atoms with Crippen LogP contribution in [0.15, 0.2) is 0 Å². The SMILES string of the molecule is CCCCCCC(Cl)C1CCC(C)N1CCCC. The fourth-order valence-electron chi connectivity index (χ4n) is 3.14. The first-order valence-electron chi connectivity index (χ1n) is 8.10. The molecule has 0 bridgehead atoms. The minimum absolute atomic E-state index is 0.378. The summed E-state index contributed by atoms with van der Waals surface area (Å²) >= 11 is 6.66. The Morgan fingerprint density at radius 1 is 1.06 bits per heavy atom. The lowest BCUT2D eigenvalue weighted by Crippen LogP contribution is -2.40. The Balaban J connectivity index is 2.32. The van der Waals surface area contributed by atoms with Crippen LogP contribution in [-0.2, 0) is 0 Å². The maximum atomic E-state index is 6.66. The van der Waals surface area contributed by atoms with Crippen LogP contribution >= 0.6 is 11.6 Å². The van der Waals surface area contributed by atoms with E-state index in [1.807, 2.05) is 0 Å². The number of rotatable bonds is 9. The summed E-state index contributed by atoms with van der Waals surface area (Å²) in [5, 5.41) is 0.378. The molecule has 1 heterocycles. The van der Waals surface area contributed by atoms with Gasteiger partial charge in [0.15, 0.2) is 0 Å². The quantitative estimate of drug-likeness (QED) is 0.411. The smallest absolute Gasteiger partial charge is 0.0491 e. The number of hydrogen-bond donors (Lipinski definition) is 0. The molecule has 0 aromatic rings. The fraction of sp³-hybridized carbons (Fsp3) is 1.00. The van der Waals surface area contributed by atoms with E-state index in [0.29, 0.717) is 11.4 Å². The molecule has 0 aromatic carbocycles. The van der Waals surface area contributed by atoms with Crippen molar-refractivity contribution in [3.63, 3.8) is 0 Å². The Labute approximate surface area is 119 Å². The molecule has 0 aliphatic carbocycles. The Kier molecular flexibility index (Phi) is 8.33. The lowest BCUT2D eigenvalue weighted by atomic mass is 10.0. The average molecular weight is 274 g/mol. The highest BCUT2D eigenvalue weighted by Crippen LogP contribution is 2.31. The fourth-order valence-corrected chi connectivity index (χ4v) is 3.57. The van der Waals surface area contributed by atoms with Gasteiger partial charge >= 0.3 is 0 Å². The van der Waals surface area contributed by atoms with Crippen LogP contribution < -0.4 is 0 Å². The van der Waals surface area contributed by atoms with Gasteiger partial charge < -0.3 is 0 Å². The van der Waals surface area contributed by atoms with Crippen LogP contribution in [0.1, 0.15) is 78.6 Å². The molecule has 0 saturated carbocycles. The van der Waals surface area contributed by atoms with Crippen molar-refractivity contribution in [2.75, 3.05) is 6.54 Å². The zero-order valence-electron chi connectivity index (χ0n) is 12.6. The molecule has 0 radical (unpaired) electrons. The van der Waals surface area contributed by atoms with E-state index in [4.69, 9.17) is 11.6 Å². The highest BCUT2D eigenvalue weighted by Gasteiger charge is 2.34. The Morgan fingerprint density at radius 2 is 1.78 bits per heavy atom. The summed E-state index contributed by atoms with van der Waals surface area (Å²) < 4.78 is 0. The largest absolute Gasteiger partial charge is 0.296 e. The summed E-state index contributed by atoms with van der Waals surface area (Å²) in [6.45, 7) is 8.17. The maximum absolute atomic E-state index is 6.66. The van der Waals surface area contributed by atoms with Crippen molar-refractivity contribution in [1.82, 2.24) is 4.90 Å². The normalized spacial score (nSPS) is 26.7. The van der Waals surface area contributed by atoms with E-state index < -0.39 is 0 Å². The average Bonchev–Trinajstić information content (AvgIpc) is 2.73. The van der Waals surface area contributed by atoms with Gasteiger partial charge in [-0.05, 0) is 39.2 Å². The zero-order chi connectivity index (χ0) is 13.4. The summed E-state index contributed by atoms with van der Waals surface area (Å²) in [6, 6.07) is 1.40. The third-order valence-electron chi connectivity index (χ3n) is 4.39. The van der Waals surface area contributed by atoms with Gasteiger partial charge in [0, 0.05) is 17.5 Å². The van der Waals surface area contributed by atoms with E-state index in [0.717, 1.165) is 6.04 Å². The predicted octanol–water partition coefficient (Wildman–Crippen LogP) is 5.22. The van der Waals surface area contributed by atoms with Crippen molar-refractivity contribution in [1.29, 1.82) is 0 Å². The number of halogens is 1. The van der Waals surface area contributed by atoms with E-state index in [9.17, 15) is 0 Å². The number of unbranched alkanes of at least 4 members (excludes halogenated alkanes) is 4. The van der Waals surface area contributed by atoms with Crippen molar-refractivity contribution in [3.05, 3.63) is 0 Å². The monoisotopic (exact) mass is 273 g/mol. The van der Waals surface area contributed by atoms with Crippen LogP contribution in [0.4, 0.5) is 0 Å². The van der Waals surface area contributed by atoms with E-state index in [-0.39, 0.29) is 0 Å². The van der Waals surface area contributed by atoms with Crippen LogP contribution in [0.5, 0.6) is 0 Å². The molecule has 1 nitrogen and oxygen atoms in total. The Bertz CT molecular complexity index is 207. The molecule has 1 saturated heterocycles. The topological polar surface area (TPSA) is 3.24 Å². The molecule has 0 N–H and O–H groups in total. The molecule has 1 aliphatic heterocycles. The Morgan fingerprint density at radius 3 is 2.44 bits per heavy atom. The standard InChI is InChI=1S/C16H32ClN/c1-4-6-8-9-10-15(17)16-12-11-14(3)18(16)13-7-5-2/h14-16H,4-13H2,1-3H3. The van der Waals surface area contributed by atoms with Gasteiger partial charge in [-0.2, -0.15) is 0 Å². The first-order chi connectivity index (χ1) is 8.70. The molecule has 0 aromatic heterocycles. The summed E-state index contributed by atoms with van der Waals surface area (Å²) in [5.74, 6) is 0. The van der Waals surface area contributed by atoms with E-state index in [1.54, 1.807) is 0 Å². The molecule has 2 heteroatoms. The molecule has 3 unspecified atom stereocenters. The summed E-state index contributed by atoms with van der Waals surface area (Å²) in [6.07, 6.45) is 11.8. The molecule has 1 aliphatic rings. The second kappa shape index (κ2) is 9.20.